The van der Waals surface area contributed by atoms with E-state index < -0.39 is 11.0 Å². The van der Waals surface area contributed by atoms with Gasteiger partial charge in [0, 0.05) is 6.07 Å². The highest BCUT2D eigenvalue weighted by molar-refractivity contribution is 7.99. The molecule has 0 saturated carbocycles. The summed E-state index contributed by atoms with van der Waals surface area (Å²) >= 11 is 1.29. The molecule has 0 aliphatic rings. The number of aromatic nitrogens is 1. The first-order valence-electron chi connectivity index (χ1n) is 6.87. The standard InChI is InChI=1S/C15H19N3O4S/c1-15(2,8-17-20-3)18-13(19)14(23-4)22-10-5-6-12-11(7-10)16-9-21-12/h5-9,14H,1-4H3,(H,18,19). The van der Waals surface area contributed by atoms with E-state index in [-0.39, 0.29) is 5.91 Å². The second-order valence-electron chi connectivity index (χ2n) is 5.30. The lowest BCUT2D eigenvalue weighted by molar-refractivity contribution is -0.125. The Morgan fingerprint density at radius 3 is 3.00 bits per heavy atom. The van der Waals surface area contributed by atoms with Crippen LogP contribution in [0.3, 0.4) is 0 Å². The molecule has 2 aromatic rings. The third kappa shape index (κ3) is 4.62. The topological polar surface area (TPSA) is 86.0 Å². The Morgan fingerprint density at radius 1 is 1.52 bits per heavy atom. The molecule has 0 radical (unpaired) electrons. The number of carbonyl (C=O) groups is 1. The molecular formula is C15H19N3O4S. The Labute approximate surface area is 138 Å². The molecule has 1 N–H and O–H groups in total. The summed E-state index contributed by atoms with van der Waals surface area (Å²) in [6.07, 6.45) is 4.68. The van der Waals surface area contributed by atoms with Crippen molar-refractivity contribution in [3.8, 4) is 5.75 Å². The molecule has 0 bridgehead atoms. The van der Waals surface area contributed by atoms with Gasteiger partial charge in [0.05, 0.1) is 11.8 Å². The van der Waals surface area contributed by atoms with E-state index in [4.69, 9.17) is 9.15 Å². The van der Waals surface area contributed by atoms with Crippen molar-refractivity contribution in [2.75, 3.05) is 13.4 Å². The molecule has 0 aliphatic heterocycles. The SMILES string of the molecule is CON=CC(C)(C)NC(=O)C(Oc1ccc2ocnc2c1)SC. The lowest BCUT2D eigenvalue weighted by atomic mass is 10.1. The van der Waals surface area contributed by atoms with Gasteiger partial charge in [-0.25, -0.2) is 4.98 Å². The van der Waals surface area contributed by atoms with Crippen molar-refractivity contribution in [1.82, 2.24) is 10.3 Å². The Morgan fingerprint density at radius 2 is 2.30 bits per heavy atom. The number of carbonyl (C=O) groups excluding carboxylic acids is 1. The molecule has 2 rings (SSSR count). The molecule has 1 heterocycles. The maximum atomic E-state index is 12.4. The second-order valence-corrected chi connectivity index (χ2v) is 6.19. The van der Waals surface area contributed by atoms with Gasteiger partial charge in [-0.2, -0.15) is 0 Å². The van der Waals surface area contributed by atoms with E-state index in [1.807, 2.05) is 13.8 Å². The van der Waals surface area contributed by atoms with Crippen molar-refractivity contribution in [2.45, 2.75) is 24.8 Å². The first-order chi connectivity index (χ1) is 10.9. The van der Waals surface area contributed by atoms with Crippen molar-refractivity contribution >= 4 is 35.0 Å². The molecule has 0 spiro atoms. The summed E-state index contributed by atoms with van der Waals surface area (Å²) in [5, 5.41) is 6.53. The van der Waals surface area contributed by atoms with Gasteiger partial charge in [0.15, 0.2) is 12.0 Å². The van der Waals surface area contributed by atoms with Gasteiger partial charge in [0.25, 0.3) is 5.91 Å². The minimum absolute atomic E-state index is 0.259. The molecule has 8 heteroatoms. The van der Waals surface area contributed by atoms with Crippen molar-refractivity contribution in [2.24, 2.45) is 5.16 Å². The van der Waals surface area contributed by atoms with Gasteiger partial charge in [-0.3, -0.25) is 4.79 Å². The van der Waals surface area contributed by atoms with E-state index in [0.29, 0.717) is 16.8 Å². The van der Waals surface area contributed by atoms with E-state index in [1.165, 1.54) is 31.5 Å². The van der Waals surface area contributed by atoms with E-state index >= 15 is 0 Å². The fraction of sp³-hybridized carbons (Fsp3) is 0.400. The summed E-state index contributed by atoms with van der Waals surface area (Å²) in [6, 6.07) is 5.22. The molecule has 23 heavy (non-hydrogen) atoms. The summed E-state index contributed by atoms with van der Waals surface area (Å²) < 4.78 is 10.9. The van der Waals surface area contributed by atoms with Crippen molar-refractivity contribution < 1.29 is 18.8 Å². The first kappa shape index (κ1) is 17.1. The second kappa shape index (κ2) is 7.36. The molecule has 1 aromatic carbocycles. The van der Waals surface area contributed by atoms with Gasteiger partial charge >= 0.3 is 0 Å². The number of oxime groups is 1. The number of nitrogens with one attached hydrogen (secondary N) is 1. The molecule has 124 valence electrons. The lowest BCUT2D eigenvalue weighted by Crippen LogP contribution is -2.49. The molecular weight excluding hydrogens is 318 g/mol. The zero-order chi connectivity index (χ0) is 16.9. The van der Waals surface area contributed by atoms with Crippen LogP contribution in [0.2, 0.25) is 0 Å². The maximum absolute atomic E-state index is 12.4. The Kier molecular flexibility index (Phi) is 5.49. The van der Waals surface area contributed by atoms with Crippen molar-refractivity contribution in [3.63, 3.8) is 0 Å². The van der Waals surface area contributed by atoms with Crippen LogP contribution in [0.25, 0.3) is 11.1 Å². The zero-order valence-corrected chi connectivity index (χ0v) is 14.2. The van der Waals surface area contributed by atoms with Crippen LogP contribution in [0.4, 0.5) is 0 Å². The average Bonchev–Trinajstić information content (AvgIpc) is 2.97. The third-order valence-electron chi connectivity index (χ3n) is 2.90. The van der Waals surface area contributed by atoms with E-state index in [0.717, 1.165) is 0 Å². The third-order valence-corrected chi connectivity index (χ3v) is 3.64. The van der Waals surface area contributed by atoms with Crippen LogP contribution in [0.5, 0.6) is 5.75 Å². The molecule has 1 aromatic heterocycles. The minimum atomic E-state index is -0.699. The predicted octanol–water partition coefficient (Wildman–Crippen LogP) is 2.42. The normalized spacial score (nSPS) is 13.2. The first-order valence-corrected chi connectivity index (χ1v) is 8.16. The van der Waals surface area contributed by atoms with Gasteiger partial charge in [-0.05, 0) is 32.2 Å². The summed E-state index contributed by atoms with van der Waals surface area (Å²) in [4.78, 5) is 21.1. The van der Waals surface area contributed by atoms with Gasteiger partial charge < -0.3 is 19.3 Å². The number of hydrogen-bond donors (Lipinski definition) is 1. The molecule has 0 saturated heterocycles. The highest BCUT2D eigenvalue weighted by atomic mass is 32.2. The monoisotopic (exact) mass is 337 g/mol. The molecule has 1 unspecified atom stereocenters. The number of nitrogens with zero attached hydrogens (tertiary/aromatic N) is 2. The maximum Gasteiger partial charge on any atom is 0.272 e. The Bertz CT molecular complexity index is 699. The van der Waals surface area contributed by atoms with E-state index in [9.17, 15) is 4.79 Å². The number of hydrogen-bond acceptors (Lipinski definition) is 7. The summed E-state index contributed by atoms with van der Waals surface area (Å²) in [5.74, 6) is 0.287. The number of fused-ring (bicyclic) bond motifs is 1. The smallest absolute Gasteiger partial charge is 0.272 e. The number of amides is 1. The molecule has 1 amide bonds. The van der Waals surface area contributed by atoms with Gasteiger partial charge in [-0.1, -0.05) is 5.16 Å². The van der Waals surface area contributed by atoms with Gasteiger partial charge in [-0.15, -0.1) is 11.8 Å². The molecule has 0 aliphatic carbocycles. The van der Waals surface area contributed by atoms with Gasteiger partial charge in [0.2, 0.25) is 5.44 Å². The van der Waals surface area contributed by atoms with Crippen LogP contribution in [0.1, 0.15) is 13.8 Å². The summed E-state index contributed by atoms with van der Waals surface area (Å²) in [7, 11) is 1.45. The fourth-order valence-electron chi connectivity index (χ4n) is 1.84. The number of rotatable bonds is 7. The van der Waals surface area contributed by atoms with Crippen LogP contribution in [-0.2, 0) is 9.63 Å². The molecule has 7 nitrogen and oxygen atoms in total. The van der Waals surface area contributed by atoms with Crippen molar-refractivity contribution in [3.05, 3.63) is 24.6 Å². The molecule has 0 fully saturated rings. The number of thioether (sulfide) groups is 1. The average molecular weight is 337 g/mol. The molecule has 1 atom stereocenters. The van der Waals surface area contributed by atoms with Crippen LogP contribution in [-0.4, -0.2) is 41.4 Å². The summed E-state index contributed by atoms with van der Waals surface area (Å²) in [5.41, 5.74) is -0.00941. The highest BCUT2D eigenvalue weighted by Gasteiger charge is 2.26. The zero-order valence-electron chi connectivity index (χ0n) is 13.4. The Balaban J connectivity index is 2.06. The Hall–Kier alpha value is -2.22. The van der Waals surface area contributed by atoms with Crippen LogP contribution < -0.4 is 10.1 Å². The van der Waals surface area contributed by atoms with Crippen LogP contribution in [0.15, 0.2) is 34.2 Å². The van der Waals surface area contributed by atoms with Crippen LogP contribution in [0, 0.1) is 0 Å². The number of oxazole rings is 1. The predicted molar refractivity (Wildman–Crippen MR) is 89.7 cm³/mol. The number of ether oxygens (including phenoxy) is 1. The quantitative estimate of drug-likeness (QED) is 0.474. The van der Waals surface area contributed by atoms with Crippen molar-refractivity contribution in [1.29, 1.82) is 0 Å². The minimum Gasteiger partial charge on any atom is -0.470 e. The fourth-order valence-corrected chi connectivity index (χ4v) is 2.32. The van der Waals surface area contributed by atoms with Crippen LogP contribution >= 0.6 is 11.8 Å². The number of benzene rings is 1. The largest absolute Gasteiger partial charge is 0.470 e. The van der Waals surface area contributed by atoms with E-state index in [1.54, 1.807) is 24.5 Å². The lowest BCUT2D eigenvalue weighted by Gasteiger charge is -2.24. The summed E-state index contributed by atoms with van der Waals surface area (Å²) in [6.45, 7) is 3.62. The highest BCUT2D eigenvalue weighted by Crippen LogP contribution is 2.23. The van der Waals surface area contributed by atoms with E-state index in [2.05, 4.69) is 20.3 Å². The van der Waals surface area contributed by atoms with Gasteiger partial charge in [0.1, 0.15) is 18.4 Å².